The lowest BCUT2D eigenvalue weighted by atomic mass is 9.90. The molecular formula is C22H28N2O3. The van der Waals surface area contributed by atoms with Crippen molar-refractivity contribution >= 4 is 11.6 Å². The predicted octanol–water partition coefficient (Wildman–Crippen LogP) is 3.60. The molecule has 1 amide bonds. The van der Waals surface area contributed by atoms with Crippen LogP contribution in [-0.4, -0.2) is 44.7 Å². The maximum atomic E-state index is 12.4. The normalized spacial score (nSPS) is 15.3. The summed E-state index contributed by atoms with van der Waals surface area (Å²) >= 11 is 0. The van der Waals surface area contributed by atoms with E-state index in [9.17, 15) is 4.79 Å². The lowest BCUT2D eigenvalue weighted by Crippen LogP contribution is -2.39. The number of carbonyl (C=O) groups is 1. The highest BCUT2D eigenvalue weighted by molar-refractivity contribution is 5.92. The number of ether oxygens (including phenoxy) is 2. The molecule has 1 aliphatic rings. The van der Waals surface area contributed by atoms with E-state index in [0.29, 0.717) is 24.0 Å². The van der Waals surface area contributed by atoms with Gasteiger partial charge in [-0.1, -0.05) is 30.3 Å². The van der Waals surface area contributed by atoms with Crippen LogP contribution in [-0.2, 0) is 11.2 Å². The van der Waals surface area contributed by atoms with Gasteiger partial charge in [0.15, 0.2) is 11.5 Å². The summed E-state index contributed by atoms with van der Waals surface area (Å²) in [5, 5.41) is 2.95. The van der Waals surface area contributed by atoms with Gasteiger partial charge in [0.05, 0.1) is 20.8 Å². The summed E-state index contributed by atoms with van der Waals surface area (Å²) in [6.07, 6.45) is 3.41. The molecule has 1 heterocycles. The maximum Gasteiger partial charge on any atom is 0.238 e. The number of likely N-dealkylation sites (tertiary alicyclic amines) is 1. The minimum Gasteiger partial charge on any atom is -0.493 e. The highest BCUT2D eigenvalue weighted by atomic mass is 16.5. The van der Waals surface area contributed by atoms with Gasteiger partial charge in [-0.2, -0.15) is 0 Å². The number of nitrogens with one attached hydrogen (secondary N) is 1. The van der Waals surface area contributed by atoms with Crippen molar-refractivity contribution in [1.82, 2.24) is 4.90 Å². The fourth-order valence-electron chi connectivity index (χ4n) is 3.61. The maximum absolute atomic E-state index is 12.4. The number of piperidine rings is 1. The number of nitrogens with zero attached hydrogens (tertiary/aromatic N) is 1. The van der Waals surface area contributed by atoms with E-state index in [4.69, 9.17) is 9.47 Å². The number of hydrogen-bond acceptors (Lipinski definition) is 4. The van der Waals surface area contributed by atoms with Gasteiger partial charge in [-0.15, -0.1) is 0 Å². The molecule has 0 spiro atoms. The summed E-state index contributed by atoms with van der Waals surface area (Å²) in [6, 6.07) is 16.1. The number of rotatable bonds is 7. The first-order valence-electron chi connectivity index (χ1n) is 9.46. The first-order chi connectivity index (χ1) is 13.2. The molecule has 0 radical (unpaired) electrons. The van der Waals surface area contributed by atoms with Crippen LogP contribution < -0.4 is 14.8 Å². The Kier molecular flexibility index (Phi) is 6.71. The highest BCUT2D eigenvalue weighted by Crippen LogP contribution is 2.29. The molecule has 2 aromatic rings. The number of carbonyl (C=O) groups excluding carboxylic acids is 1. The molecule has 2 aromatic carbocycles. The van der Waals surface area contributed by atoms with Gasteiger partial charge >= 0.3 is 0 Å². The Bertz CT molecular complexity index is 740. The molecule has 1 aliphatic heterocycles. The van der Waals surface area contributed by atoms with Crippen LogP contribution in [0.25, 0.3) is 0 Å². The van der Waals surface area contributed by atoms with Crippen LogP contribution in [0, 0.1) is 5.92 Å². The lowest BCUT2D eigenvalue weighted by Gasteiger charge is -2.31. The van der Waals surface area contributed by atoms with Gasteiger partial charge in [0.25, 0.3) is 0 Å². The van der Waals surface area contributed by atoms with E-state index in [1.54, 1.807) is 26.4 Å². The van der Waals surface area contributed by atoms with Crippen LogP contribution in [0.15, 0.2) is 48.5 Å². The lowest BCUT2D eigenvalue weighted by molar-refractivity contribution is -0.117. The average molecular weight is 368 g/mol. The fourth-order valence-corrected chi connectivity index (χ4v) is 3.61. The van der Waals surface area contributed by atoms with Crippen molar-refractivity contribution in [2.24, 2.45) is 5.92 Å². The Balaban J connectivity index is 1.45. The van der Waals surface area contributed by atoms with Crippen molar-refractivity contribution < 1.29 is 14.3 Å². The first kappa shape index (κ1) is 19.2. The van der Waals surface area contributed by atoms with Crippen molar-refractivity contribution in [3.8, 4) is 11.5 Å². The van der Waals surface area contributed by atoms with Crippen molar-refractivity contribution in [2.75, 3.05) is 39.2 Å². The average Bonchev–Trinajstić information content (AvgIpc) is 2.70. The van der Waals surface area contributed by atoms with Crippen molar-refractivity contribution in [2.45, 2.75) is 19.3 Å². The van der Waals surface area contributed by atoms with Crippen molar-refractivity contribution in [1.29, 1.82) is 0 Å². The van der Waals surface area contributed by atoms with E-state index in [1.165, 1.54) is 5.56 Å². The minimum absolute atomic E-state index is 0.00345. The third-order valence-electron chi connectivity index (χ3n) is 5.11. The fraction of sp³-hybridized carbons (Fsp3) is 0.409. The summed E-state index contributed by atoms with van der Waals surface area (Å²) in [6.45, 7) is 2.36. The number of anilines is 1. The predicted molar refractivity (Wildman–Crippen MR) is 107 cm³/mol. The van der Waals surface area contributed by atoms with Crippen LogP contribution >= 0.6 is 0 Å². The molecule has 27 heavy (non-hydrogen) atoms. The second-order valence-electron chi connectivity index (χ2n) is 7.03. The van der Waals surface area contributed by atoms with Crippen LogP contribution in [0.1, 0.15) is 18.4 Å². The third-order valence-corrected chi connectivity index (χ3v) is 5.11. The summed E-state index contributed by atoms with van der Waals surface area (Å²) in [5.74, 6) is 1.97. The minimum atomic E-state index is 0.00345. The highest BCUT2D eigenvalue weighted by Gasteiger charge is 2.21. The van der Waals surface area contributed by atoms with Crippen LogP contribution in [0.5, 0.6) is 11.5 Å². The molecule has 1 fully saturated rings. The zero-order valence-electron chi connectivity index (χ0n) is 16.1. The van der Waals surface area contributed by atoms with Gasteiger partial charge in [-0.25, -0.2) is 0 Å². The van der Waals surface area contributed by atoms with Gasteiger partial charge < -0.3 is 14.8 Å². The zero-order valence-corrected chi connectivity index (χ0v) is 16.1. The second kappa shape index (κ2) is 9.42. The van der Waals surface area contributed by atoms with Crippen molar-refractivity contribution in [3.63, 3.8) is 0 Å². The Hall–Kier alpha value is -2.53. The molecule has 1 saturated heterocycles. The van der Waals surface area contributed by atoms with Crippen LogP contribution in [0.4, 0.5) is 5.69 Å². The van der Waals surface area contributed by atoms with Gasteiger partial charge in [0.2, 0.25) is 5.91 Å². The molecule has 0 saturated carbocycles. The summed E-state index contributed by atoms with van der Waals surface area (Å²) in [7, 11) is 3.18. The standard InChI is InChI=1S/C22H28N2O3/c1-26-20-9-8-19(15-21(20)27-2)23-22(25)16-24-12-10-18(11-13-24)14-17-6-4-3-5-7-17/h3-9,15,18H,10-14,16H2,1-2H3,(H,23,25). The van der Waals surface area contributed by atoms with Crippen LogP contribution in [0.2, 0.25) is 0 Å². The Morgan fingerprint density at radius 2 is 1.74 bits per heavy atom. The molecule has 144 valence electrons. The van der Waals surface area contributed by atoms with E-state index < -0.39 is 0 Å². The number of methoxy groups -OCH3 is 2. The summed E-state index contributed by atoms with van der Waals surface area (Å²) in [4.78, 5) is 14.6. The number of amides is 1. The van der Waals surface area contributed by atoms with E-state index in [-0.39, 0.29) is 5.91 Å². The Morgan fingerprint density at radius 3 is 2.41 bits per heavy atom. The number of hydrogen-bond donors (Lipinski definition) is 1. The SMILES string of the molecule is COc1ccc(NC(=O)CN2CCC(Cc3ccccc3)CC2)cc1OC. The van der Waals surface area contributed by atoms with Crippen molar-refractivity contribution in [3.05, 3.63) is 54.1 Å². The smallest absolute Gasteiger partial charge is 0.238 e. The van der Waals surface area contributed by atoms with Crippen LogP contribution in [0.3, 0.4) is 0 Å². The molecule has 0 aliphatic carbocycles. The quantitative estimate of drug-likeness (QED) is 0.811. The molecule has 5 nitrogen and oxygen atoms in total. The molecule has 0 atom stereocenters. The molecule has 0 bridgehead atoms. The summed E-state index contributed by atoms with van der Waals surface area (Å²) < 4.78 is 10.5. The zero-order chi connectivity index (χ0) is 19.1. The largest absolute Gasteiger partial charge is 0.493 e. The van der Waals surface area contributed by atoms with E-state index in [0.717, 1.165) is 38.0 Å². The van der Waals surface area contributed by atoms with Gasteiger partial charge in [-0.3, -0.25) is 9.69 Å². The Labute approximate surface area is 161 Å². The van der Waals surface area contributed by atoms with E-state index in [1.807, 2.05) is 6.07 Å². The third kappa shape index (κ3) is 5.47. The van der Waals surface area contributed by atoms with Gasteiger partial charge in [-0.05, 0) is 56.0 Å². The van der Waals surface area contributed by atoms with E-state index >= 15 is 0 Å². The van der Waals surface area contributed by atoms with Gasteiger partial charge in [0.1, 0.15) is 0 Å². The monoisotopic (exact) mass is 368 g/mol. The molecule has 0 unspecified atom stereocenters. The number of benzene rings is 2. The Morgan fingerprint density at radius 1 is 1.04 bits per heavy atom. The molecule has 5 heteroatoms. The molecule has 0 aromatic heterocycles. The van der Waals surface area contributed by atoms with E-state index in [2.05, 4.69) is 40.5 Å². The molecule has 3 rings (SSSR count). The second-order valence-corrected chi connectivity index (χ2v) is 7.03. The summed E-state index contributed by atoms with van der Waals surface area (Å²) in [5.41, 5.74) is 2.12. The molecule has 1 N–H and O–H groups in total. The first-order valence-corrected chi connectivity index (χ1v) is 9.46. The molecular weight excluding hydrogens is 340 g/mol. The van der Waals surface area contributed by atoms with Gasteiger partial charge in [0, 0.05) is 11.8 Å². The topological polar surface area (TPSA) is 50.8 Å².